The van der Waals surface area contributed by atoms with Crippen molar-refractivity contribution in [2.75, 3.05) is 32.8 Å². The molecule has 2 aliphatic rings. The molecule has 0 aromatic heterocycles. The first kappa shape index (κ1) is 17.7. The molecule has 2 aliphatic heterocycles. The van der Waals surface area contributed by atoms with Crippen LogP contribution in [0.4, 0.5) is 4.79 Å². The number of carbonyl (C=O) groups is 2. The molecule has 6 nitrogen and oxygen atoms in total. The normalized spacial score (nSPS) is 25.6. The molecule has 0 aliphatic carbocycles. The Hall–Kier alpha value is -2.08. The number of hydrogen-bond acceptors (Lipinski definition) is 3. The molecule has 0 bridgehead atoms. The van der Waals surface area contributed by atoms with Crippen molar-refractivity contribution in [1.29, 1.82) is 0 Å². The van der Waals surface area contributed by atoms with Crippen LogP contribution in [0.25, 0.3) is 0 Å². The average molecular weight is 346 g/mol. The molecule has 1 aromatic rings. The first-order valence-corrected chi connectivity index (χ1v) is 8.85. The lowest BCUT2D eigenvalue weighted by molar-refractivity contribution is -0.147. The highest BCUT2D eigenvalue weighted by molar-refractivity contribution is 5.79. The number of carboxylic acids is 1. The van der Waals surface area contributed by atoms with Gasteiger partial charge in [0.05, 0.1) is 5.41 Å². The largest absolute Gasteiger partial charge is 0.481 e. The summed E-state index contributed by atoms with van der Waals surface area (Å²) in [5.74, 6) is -0.840. The van der Waals surface area contributed by atoms with Crippen LogP contribution in [0.3, 0.4) is 0 Å². The third-order valence-corrected chi connectivity index (χ3v) is 5.69. The molecule has 6 heteroatoms. The van der Waals surface area contributed by atoms with Crippen LogP contribution >= 0.6 is 0 Å². The fourth-order valence-corrected chi connectivity index (χ4v) is 3.79. The highest BCUT2D eigenvalue weighted by Crippen LogP contribution is 2.34. The predicted molar refractivity (Wildman–Crippen MR) is 93.5 cm³/mol. The summed E-state index contributed by atoms with van der Waals surface area (Å²) in [7, 11) is 0. The van der Waals surface area contributed by atoms with Crippen molar-refractivity contribution < 1.29 is 19.4 Å². The number of likely N-dealkylation sites (tertiary alicyclic amines) is 1. The maximum Gasteiger partial charge on any atom is 0.317 e. The molecule has 2 fully saturated rings. The summed E-state index contributed by atoms with van der Waals surface area (Å²) in [6.45, 7) is 4.36. The molecule has 136 valence electrons. The van der Waals surface area contributed by atoms with Gasteiger partial charge in [0.2, 0.25) is 0 Å². The zero-order valence-corrected chi connectivity index (χ0v) is 14.7. The SMILES string of the molecule is CC1(C(=O)O)CCN(C(=O)NCC2(c3ccccc3)CCOCC2)C1. The molecule has 2 saturated heterocycles. The third kappa shape index (κ3) is 3.63. The second-order valence-electron chi connectivity index (χ2n) is 7.45. The van der Waals surface area contributed by atoms with E-state index in [4.69, 9.17) is 4.74 Å². The number of benzene rings is 1. The molecular weight excluding hydrogens is 320 g/mol. The van der Waals surface area contributed by atoms with Gasteiger partial charge < -0.3 is 20.1 Å². The zero-order chi connectivity index (χ0) is 17.9. The lowest BCUT2D eigenvalue weighted by Gasteiger charge is -2.38. The Labute approximate surface area is 148 Å². The number of carboxylic acid groups (broad SMARTS) is 1. The first-order chi connectivity index (χ1) is 12.0. The number of ether oxygens (including phenoxy) is 1. The minimum absolute atomic E-state index is 0.120. The van der Waals surface area contributed by atoms with Crippen LogP contribution in [0.2, 0.25) is 0 Å². The van der Waals surface area contributed by atoms with Gasteiger partial charge in [0.25, 0.3) is 0 Å². The Kier molecular flexibility index (Phi) is 4.99. The molecule has 25 heavy (non-hydrogen) atoms. The Morgan fingerprint density at radius 1 is 1.20 bits per heavy atom. The van der Waals surface area contributed by atoms with Crippen LogP contribution in [0.1, 0.15) is 31.7 Å². The van der Waals surface area contributed by atoms with Gasteiger partial charge in [-0.3, -0.25) is 4.79 Å². The summed E-state index contributed by atoms with van der Waals surface area (Å²) in [6.07, 6.45) is 2.22. The number of hydrogen-bond donors (Lipinski definition) is 2. The van der Waals surface area contributed by atoms with Gasteiger partial charge >= 0.3 is 12.0 Å². The summed E-state index contributed by atoms with van der Waals surface area (Å²) in [6, 6.07) is 10.1. The lowest BCUT2D eigenvalue weighted by Crippen LogP contribution is -2.48. The highest BCUT2D eigenvalue weighted by Gasteiger charge is 2.43. The minimum Gasteiger partial charge on any atom is -0.481 e. The smallest absolute Gasteiger partial charge is 0.317 e. The van der Waals surface area contributed by atoms with Crippen LogP contribution in [-0.4, -0.2) is 54.9 Å². The zero-order valence-electron chi connectivity index (χ0n) is 14.7. The van der Waals surface area contributed by atoms with Gasteiger partial charge in [-0.1, -0.05) is 30.3 Å². The van der Waals surface area contributed by atoms with E-state index in [0.29, 0.717) is 32.7 Å². The minimum atomic E-state index is -0.840. The first-order valence-electron chi connectivity index (χ1n) is 8.85. The number of carbonyl (C=O) groups excluding carboxylic acids is 1. The second-order valence-corrected chi connectivity index (χ2v) is 7.45. The van der Waals surface area contributed by atoms with E-state index in [2.05, 4.69) is 17.4 Å². The Morgan fingerprint density at radius 2 is 1.88 bits per heavy atom. The summed E-state index contributed by atoms with van der Waals surface area (Å²) in [5, 5.41) is 12.4. The number of amides is 2. The second kappa shape index (κ2) is 7.04. The topological polar surface area (TPSA) is 78.9 Å². The number of urea groups is 1. The van der Waals surface area contributed by atoms with Crippen LogP contribution in [-0.2, 0) is 14.9 Å². The molecule has 0 spiro atoms. The summed E-state index contributed by atoms with van der Waals surface area (Å²) < 4.78 is 5.52. The molecule has 1 atom stereocenters. The van der Waals surface area contributed by atoms with E-state index in [1.165, 1.54) is 5.56 Å². The Bertz CT molecular complexity index is 628. The maximum absolute atomic E-state index is 12.6. The molecule has 0 saturated carbocycles. The number of aliphatic carboxylic acids is 1. The van der Waals surface area contributed by atoms with E-state index in [-0.39, 0.29) is 18.0 Å². The molecule has 2 amide bonds. The summed E-state index contributed by atoms with van der Waals surface area (Å²) in [4.78, 5) is 25.5. The average Bonchev–Trinajstić information content (AvgIpc) is 3.05. The van der Waals surface area contributed by atoms with Gasteiger partial charge in [0.1, 0.15) is 0 Å². The van der Waals surface area contributed by atoms with Crippen molar-refractivity contribution in [3.05, 3.63) is 35.9 Å². The highest BCUT2D eigenvalue weighted by atomic mass is 16.5. The van der Waals surface area contributed by atoms with Crippen molar-refractivity contribution in [1.82, 2.24) is 10.2 Å². The van der Waals surface area contributed by atoms with Crippen molar-refractivity contribution in [2.45, 2.75) is 31.6 Å². The van der Waals surface area contributed by atoms with E-state index in [9.17, 15) is 14.7 Å². The molecule has 3 rings (SSSR count). The van der Waals surface area contributed by atoms with Crippen molar-refractivity contribution in [3.8, 4) is 0 Å². The third-order valence-electron chi connectivity index (χ3n) is 5.69. The van der Waals surface area contributed by atoms with Crippen LogP contribution in [0.15, 0.2) is 30.3 Å². The van der Waals surface area contributed by atoms with Crippen LogP contribution in [0, 0.1) is 5.41 Å². The van der Waals surface area contributed by atoms with E-state index in [1.54, 1.807) is 11.8 Å². The number of nitrogens with one attached hydrogen (secondary N) is 1. The van der Waals surface area contributed by atoms with Gasteiger partial charge in [0.15, 0.2) is 0 Å². The van der Waals surface area contributed by atoms with Gasteiger partial charge in [-0.25, -0.2) is 4.79 Å². The fourth-order valence-electron chi connectivity index (χ4n) is 3.79. The van der Waals surface area contributed by atoms with E-state index >= 15 is 0 Å². The molecular formula is C19H26N2O4. The lowest BCUT2D eigenvalue weighted by atomic mass is 9.74. The summed E-state index contributed by atoms with van der Waals surface area (Å²) >= 11 is 0. The van der Waals surface area contributed by atoms with Crippen LogP contribution < -0.4 is 5.32 Å². The predicted octanol–water partition coefficient (Wildman–Crippen LogP) is 2.24. The molecule has 1 aromatic carbocycles. The molecule has 2 heterocycles. The number of rotatable bonds is 4. The molecule has 1 unspecified atom stereocenters. The Balaban J connectivity index is 1.66. The molecule has 2 N–H and O–H groups in total. The van der Waals surface area contributed by atoms with Crippen LogP contribution in [0.5, 0.6) is 0 Å². The number of nitrogens with zero attached hydrogens (tertiary/aromatic N) is 1. The van der Waals surface area contributed by atoms with Crippen molar-refractivity contribution in [3.63, 3.8) is 0 Å². The van der Waals surface area contributed by atoms with Gasteiger partial charge in [-0.15, -0.1) is 0 Å². The molecule has 0 radical (unpaired) electrons. The maximum atomic E-state index is 12.6. The van der Waals surface area contributed by atoms with Gasteiger partial charge in [0, 0.05) is 38.3 Å². The van der Waals surface area contributed by atoms with E-state index < -0.39 is 11.4 Å². The van der Waals surface area contributed by atoms with Crippen molar-refractivity contribution >= 4 is 12.0 Å². The standard InChI is InChI=1S/C19H26N2O4/c1-18(16(22)23)7-10-21(14-18)17(24)20-13-19(8-11-25-12-9-19)15-5-3-2-4-6-15/h2-6H,7-14H2,1H3,(H,20,24)(H,22,23). The monoisotopic (exact) mass is 346 g/mol. The fraction of sp³-hybridized carbons (Fsp3) is 0.579. The Morgan fingerprint density at radius 3 is 2.48 bits per heavy atom. The van der Waals surface area contributed by atoms with E-state index in [0.717, 1.165) is 12.8 Å². The van der Waals surface area contributed by atoms with Gasteiger partial charge in [-0.2, -0.15) is 0 Å². The van der Waals surface area contributed by atoms with Gasteiger partial charge in [-0.05, 0) is 31.7 Å². The summed E-state index contributed by atoms with van der Waals surface area (Å²) in [5.41, 5.74) is 0.258. The van der Waals surface area contributed by atoms with E-state index in [1.807, 2.05) is 18.2 Å². The van der Waals surface area contributed by atoms with Crippen molar-refractivity contribution in [2.24, 2.45) is 5.41 Å². The quantitative estimate of drug-likeness (QED) is 0.876.